The molecule has 2 aromatic heterocycles. The molecule has 4 amide bonds. The van der Waals surface area contributed by atoms with Crippen molar-refractivity contribution in [1.82, 2.24) is 29.9 Å². The monoisotopic (exact) mass is 1180 g/mol. The Morgan fingerprint density at radius 3 is 1.12 bits per heavy atom. The van der Waals surface area contributed by atoms with Crippen LogP contribution >= 0.6 is 0 Å². The molecule has 4 heterocycles. The van der Waals surface area contributed by atoms with Crippen LogP contribution in [-0.2, 0) is 5.41 Å². The van der Waals surface area contributed by atoms with Crippen molar-refractivity contribution in [2.24, 2.45) is 0 Å². The van der Waals surface area contributed by atoms with E-state index in [0.717, 1.165) is 56.7 Å². The van der Waals surface area contributed by atoms with Crippen LogP contribution in [0.2, 0.25) is 0 Å². The maximum absolute atomic E-state index is 14.6. The van der Waals surface area contributed by atoms with Crippen molar-refractivity contribution in [1.29, 1.82) is 0 Å². The zero-order valence-corrected chi connectivity index (χ0v) is 53.9. The average molecular weight is 1180 g/mol. The summed E-state index contributed by atoms with van der Waals surface area (Å²) in [5.41, 5.74) is 10.6. The van der Waals surface area contributed by atoms with Crippen LogP contribution in [0, 0.1) is 13.8 Å². The molecule has 12 rings (SSSR count). The van der Waals surface area contributed by atoms with Crippen LogP contribution in [0.15, 0.2) is 170 Å². The first-order chi connectivity index (χ1) is 43.0. The van der Waals surface area contributed by atoms with E-state index in [1.54, 1.807) is 60.7 Å². The lowest BCUT2D eigenvalue weighted by atomic mass is 9.83. The molecule has 2 aliphatic rings. The zero-order valence-electron chi connectivity index (χ0n) is 53.9. The highest BCUT2D eigenvalue weighted by atomic mass is 16.2. The van der Waals surface area contributed by atoms with E-state index in [9.17, 15) is 19.2 Å². The van der Waals surface area contributed by atoms with Gasteiger partial charge in [-0.05, 0) is 118 Å². The Hall–Kier alpha value is -9.52. The second kappa shape index (κ2) is 27.7. The number of quaternary nitrogens is 1. The van der Waals surface area contributed by atoms with Crippen molar-refractivity contribution >= 4 is 45.8 Å². The first kappa shape index (κ1) is 64.0. The van der Waals surface area contributed by atoms with Gasteiger partial charge in [0, 0.05) is 67.3 Å². The summed E-state index contributed by atoms with van der Waals surface area (Å²) in [5, 5.41) is 0.588. The Balaban J connectivity index is 0.00000112. The number of imide groups is 2. The minimum Gasteiger partial charge on any atom is -0.268 e. The van der Waals surface area contributed by atoms with E-state index in [-0.39, 0.29) is 27.2 Å². The molecule has 2 aliphatic heterocycles. The van der Waals surface area contributed by atoms with E-state index in [4.69, 9.17) is 29.9 Å². The van der Waals surface area contributed by atoms with Crippen molar-refractivity contribution < 1.29 is 24.1 Å². The van der Waals surface area contributed by atoms with Crippen LogP contribution in [0.3, 0.4) is 0 Å². The highest BCUT2D eigenvalue weighted by Gasteiger charge is 2.44. The maximum atomic E-state index is 14.6. The van der Waals surface area contributed by atoms with Crippen molar-refractivity contribution in [2.45, 2.75) is 140 Å². The molecule has 12 heteroatoms. The first-order valence-corrected chi connectivity index (χ1v) is 31.5. The van der Waals surface area contributed by atoms with Crippen molar-refractivity contribution in [3.8, 4) is 56.9 Å². The molecule has 0 saturated carbocycles. The molecule has 0 radical (unpaired) electrons. The fourth-order valence-corrected chi connectivity index (χ4v) is 11.1. The number of anilines is 1. The van der Waals surface area contributed by atoms with E-state index in [2.05, 4.69) is 77.9 Å². The van der Waals surface area contributed by atoms with Crippen molar-refractivity contribution in [3.05, 3.63) is 226 Å². The molecule has 10 aromatic rings. The van der Waals surface area contributed by atoms with Crippen LogP contribution < -0.4 is 9.80 Å². The van der Waals surface area contributed by atoms with E-state index in [1.807, 2.05) is 128 Å². The van der Waals surface area contributed by atoms with Gasteiger partial charge in [-0.1, -0.05) is 202 Å². The Morgan fingerprint density at radius 1 is 0.416 bits per heavy atom. The number of rotatable bonds is 14. The summed E-state index contributed by atoms with van der Waals surface area (Å²) in [6, 6.07) is 53.6. The van der Waals surface area contributed by atoms with E-state index < -0.39 is 29.0 Å². The molecule has 0 atom stereocenters. The minimum atomic E-state index is -0.748. The molecule has 0 bridgehead atoms. The second-order valence-electron chi connectivity index (χ2n) is 23.1. The van der Waals surface area contributed by atoms with Gasteiger partial charge in [-0.25, -0.2) is 44.4 Å². The summed E-state index contributed by atoms with van der Waals surface area (Å²) >= 11 is 0. The van der Waals surface area contributed by atoms with Gasteiger partial charge in [0.15, 0.2) is 29.1 Å². The lowest BCUT2D eigenvalue weighted by molar-refractivity contribution is -0.645. The standard InChI is InChI=1S/C69H58N8O4.C4H10.2C2H6/c1-9-42(10-2)44-21-25-48(26-22-44)63-73-62(46-17-13-41(6)14-18-46)74-68(75-63)69(7,8)50-29-33-52(34-30-50)77-66(80)55-37-35-53-57-54(36-38-56(58(55)57)67(77)81)65(79)76(64(53)78)51-31-27-49(28-32-51)61-71-59(45-15-11-40(5)12-16-45)70-60(72-61)47-23-19-43(20-24-47)39(3)4;1-3-4-2;2*1-2/h11-39,42H,9-10H2,1-8H3;3-4H2,1-2H3;2*1-2H3/p+1. The quantitative estimate of drug-likeness (QED) is 0.104. The van der Waals surface area contributed by atoms with E-state index in [1.165, 1.54) is 24.0 Å². The van der Waals surface area contributed by atoms with Crippen LogP contribution in [-0.4, -0.2) is 53.5 Å². The maximum Gasteiger partial charge on any atom is 0.357 e. The number of aromatic nitrogens is 6. The molecule has 0 saturated heterocycles. The molecular weight excluding hydrogens is 1100 g/mol. The van der Waals surface area contributed by atoms with Gasteiger partial charge in [0.2, 0.25) is 0 Å². The van der Waals surface area contributed by atoms with Crippen LogP contribution in [0.5, 0.6) is 0 Å². The van der Waals surface area contributed by atoms with Gasteiger partial charge in [0.05, 0.1) is 16.8 Å². The van der Waals surface area contributed by atoms with Crippen LogP contribution in [0.4, 0.5) is 11.4 Å². The largest absolute Gasteiger partial charge is 0.357 e. The third-order valence-electron chi connectivity index (χ3n) is 16.7. The number of hydrogen-bond donors (Lipinski definition) is 1. The number of unbranched alkanes of at least 4 members (excludes halogenated alkanes) is 1. The Kier molecular flexibility index (Phi) is 19.9. The summed E-state index contributed by atoms with van der Waals surface area (Å²) in [6.07, 6.45) is 4.76. The van der Waals surface area contributed by atoms with Crippen LogP contribution in [0.25, 0.3) is 67.7 Å². The molecule has 452 valence electrons. The number of nitrogens with zero attached hydrogens (tertiary/aromatic N) is 7. The summed E-state index contributed by atoms with van der Waals surface area (Å²) in [4.78, 5) is 89.5. The highest BCUT2D eigenvalue weighted by molar-refractivity contribution is 6.38. The predicted octanol–water partition coefficient (Wildman–Crippen LogP) is 17.7. The zero-order chi connectivity index (χ0) is 63.8. The minimum absolute atomic E-state index is 0.0111. The summed E-state index contributed by atoms with van der Waals surface area (Å²) < 4.78 is 0. The average Bonchev–Trinajstić information content (AvgIpc) is 3.70. The Bertz CT molecular complexity index is 4120. The molecular formula is C77H81N8O4+. The first-order valence-electron chi connectivity index (χ1n) is 31.5. The van der Waals surface area contributed by atoms with E-state index in [0.29, 0.717) is 74.5 Å². The molecule has 0 aliphatic carbocycles. The number of carbonyl (C=O) groups excluding carboxylic acids is 4. The molecule has 0 fully saturated rings. The number of amides is 4. The van der Waals surface area contributed by atoms with Gasteiger partial charge < -0.3 is 0 Å². The van der Waals surface area contributed by atoms with Gasteiger partial charge in [-0.3, -0.25) is 9.59 Å². The van der Waals surface area contributed by atoms with E-state index >= 15 is 0 Å². The molecule has 0 unspecified atom stereocenters. The molecule has 0 spiro atoms. The number of aryl methyl sites for hydroxylation is 2. The van der Waals surface area contributed by atoms with Crippen molar-refractivity contribution in [3.63, 3.8) is 0 Å². The van der Waals surface area contributed by atoms with Gasteiger partial charge in [0.1, 0.15) is 11.5 Å². The van der Waals surface area contributed by atoms with Crippen LogP contribution in [0.1, 0.15) is 196 Å². The van der Waals surface area contributed by atoms with Crippen molar-refractivity contribution in [2.75, 3.05) is 4.90 Å². The normalized spacial score (nSPS) is 12.8. The third kappa shape index (κ3) is 12.8. The topological polar surface area (TPSA) is 153 Å². The van der Waals surface area contributed by atoms with Gasteiger partial charge in [-0.15, -0.1) is 0 Å². The number of benzene rings is 8. The van der Waals surface area contributed by atoms with Gasteiger partial charge >= 0.3 is 11.8 Å². The lowest BCUT2D eigenvalue weighted by Gasteiger charge is -2.30. The van der Waals surface area contributed by atoms with Gasteiger partial charge in [-0.2, -0.15) is 4.90 Å². The molecule has 1 N–H and O–H groups in total. The summed E-state index contributed by atoms with van der Waals surface area (Å²) in [7, 11) is 0. The summed E-state index contributed by atoms with van der Waals surface area (Å²) in [6.45, 7) is 29.3. The molecule has 8 aromatic carbocycles. The Morgan fingerprint density at radius 2 is 0.753 bits per heavy atom. The number of hydrogen-bond acceptors (Lipinski definition) is 10. The smallest absolute Gasteiger partial charge is 0.268 e. The highest BCUT2D eigenvalue weighted by Crippen LogP contribution is 2.40. The summed E-state index contributed by atoms with van der Waals surface area (Å²) in [5.74, 6) is 1.88. The fraction of sp³-hybridized carbons (Fsp3) is 0.273. The molecule has 89 heavy (non-hydrogen) atoms. The third-order valence-corrected chi connectivity index (χ3v) is 16.7. The predicted molar refractivity (Wildman–Crippen MR) is 360 cm³/mol. The molecule has 12 nitrogen and oxygen atoms in total. The van der Waals surface area contributed by atoms with Gasteiger partial charge in [0.25, 0.3) is 11.8 Å². The SMILES string of the molecule is CC.CC.CCC(CC)c1ccc(-c2nc(-c3ccc(C)cc3)nc(C(C)(C)c3ccc(N4C(=O)c5ccc6c7c(ccc(c57)C4=O)C(=O)[NH+](c4ccc(-c5nc(-c7ccc(C)cc7)nc(-c7ccc(C(C)C)cc7)n5)cc4)C6=O)cc3)n2)cc1.CCCC. The number of nitrogens with one attached hydrogen (secondary N) is 1. The number of carbonyl (C=O) groups is 4. The second-order valence-corrected chi connectivity index (χ2v) is 23.1. The Labute approximate surface area is 524 Å². The lowest BCUT2D eigenvalue weighted by Crippen LogP contribution is -3.13. The fourth-order valence-electron chi connectivity index (χ4n) is 11.1.